The Bertz CT molecular complexity index is 469. The van der Waals surface area contributed by atoms with Crippen LogP contribution >= 0.6 is 0 Å². The lowest BCUT2D eigenvalue weighted by Crippen LogP contribution is -2.31. The summed E-state index contributed by atoms with van der Waals surface area (Å²) in [6, 6.07) is 4.95. The van der Waals surface area contributed by atoms with Gasteiger partial charge in [0.1, 0.15) is 11.3 Å². The second-order valence-corrected chi connectivity index (χ2v) is 4.63. The Labute approximate surface area is 112 Å². The predicted molar refractivity (Wildman–Crippen MR) is 71.5 cm³/mol. The minimum Gasteiger partial charge on any atom is -0.492 e. The summed E-state index contributed by atoms with van der Waals surface area (Å²) in [5.41, 5.74) is 1.02. The van der Waals surface area contributed by atoms with E-state index < -0.39 is 5.97 Å². The zero-order valence-corrected chi connectivity index (χ0v) is 11.4. The van der Waals surface area contributed by atoms with Crippen LogP contribution in [0.1, 0.15) is 36.2 Å². The van der Waals surface area contributed by atoms with Gasteiger partial charge >= 0.3 is 5.97 Å². The fourth-order valence-electron chi connectivity index (χ4n) is 1.57. The SMILES string of the molecule is Cc1ccc(C(=O)O)c(OCCC(=O)NC(C)C)c1. The molecular formula is C14H19NO4. The molecular weight excluding hydrogens is 246 g/mol. The average molecular weight is 265 g/mol. The largest absolute Gasteiger partial charge is 0.492 e. The first-order chi connectivity index (χ1) is 8.90. The molecule has 5 heteroatoms. The molecule has 19 heavy (non-hydrogen) atoms. The van der Waals surface area contributed by atoms with Crippen molar-refractivity contribution in [2.45, 2.75) is 33.2 Å². The molecule has 1 aromatic carbocycles. The molecule has 0 aromatic heterocycles. The van der Waals surface area contributed by atoms with E-state index in [1.807, 2.05) is 20.8 Å². The number of carbonyl (C=O) groups is 2. The summed E-state index contributed by atoms with van der Waals surface area (Å²) in [5, 5.41) is 11.8. The van der Waals surface area contributed by atoms with Gasteiger partial charge in [0.15, 0.2) is 0 Å². The van der Waals surface area contributed by atoms with Gasteiger partial charge in [-0.1, -0.05) is 6.07 Å². The Morgan fingerprint density at radius 1 is 1.37 bits per heavy atom. The van der Waals surface area contributed by atoms with Gasteiger partial charge in [-0.15, -0.1) is 0 Å². The van der Waals surface area contributed by atoms with Crippen molar-refractivity contribution in [3.63, 3.8) is 0 Å². The number of carboxylic acids is 1. The van der Waals surface area contributed by atoms with E-state index in [1.54, 1.807) is 12.1 Å². The van der Waals surface area contributed by atoms with Gasteiger partial charge in [-0.3, -0.25) is 4.79 Å². The van der Waals surface area contributed by atoms with Crippen molar-refractivity contribution in [2.24, 2.45) is 0 Å². The monoisotopic (exact) mass is 265 g/mol. The van der Waals surface area contributed by atoms with Gasteiger partial charge < -0.3 is 15.2 Å². The average Bonchev–Trinajstić information content (AvgIpc) is 2.27. The molecule has 104 valence electrons. The van der Waals surface area contributed by atoms with Crippen LogP contribution in [0.15, 0.2) is 18.2 Å². The topological polar surface area (TPSA) is 75.6 Å². The number of carbonyl (C=O) groups excluding carboxylic acids is 1. The van der Waals surface area contributed by atoms with Crippen LogP contribution in [0.3, 0.4) is 0 Å². The molecule has 0 fully saturated rings. The van der Waals surface area contributed by atoms with E-state index in [2.05, 4.69) is 5.32 Å². The summed E-state index contributed by atoms with van der Waals surface area (Å²) in [4.78, 5) is 22.4. The van der Waals surface area contributed by atoms with E-state index in [0.717, 1.165) is 5.56 Å². The van der Waals surface area contributed by atoms with Crippen LogP contribution in [0.25, 0.3) is 0 Å². The number of benzene rings is 1. The van der Waals surface area contributed by atoms with Crippen LogP contribution in [0.5, 0.6) is 5.75 Å². The Morgan fingerprint density at radius 2 is 2.05 bits per heavy atom. The van der Waals surface area contributed by atoms with Crippen molar-refractivity contribution in [1.29, 1.82) is 0 Å². The number of hydrogen-bond donors (Lipinski definition) is 2. The van der Waals surface area contributed by atoms with Crippen molar-refractivity contribution >= 4 is 11.9 Å². The maximum absolute atomic E-state index is 11.4. The van der Waals surface area contributed by atoms with E-state index in [0.29, 0.717) is 5.75 Å². The van der Waals surface area contributed by atoms with Gasteiger partial charge in [0.2, 0.25) is 5.91 Å². The Hall–Kier alpha value is -2.04. The summed E-state index contributed by atoms with van der Waals surface area (Å²) in [7, 11) is 0. The highest BCUT2D eigenvalue weighted by molar-refractivity contribution is 5.91. The molecule has 0 saturated carbocycles. The van der Waals surface area contributed by atoms with Gasteiger partial charge in [0.25, 0.3) is 0 Å². The van der Waals surface area contributed by atoms with Gasteiger partial charge in [0.05, 0.1) is 13.0 Å². The molecule has 0 aliphatic carbocycles. The molecule has 0 aliphatic rings. The van der Waals surface area contributed by atoms with Gasteiger partial charge in [-0.05, 0) is 38.5 Å². The summed E-state index contributed by atoms with van der Waals surface area (Å²) in [5.74, 6) is -0.856. The summed E-state index contributed by atoms with van der Waals surface area (Å²) < 4.78 is 5.39. The molecule has 0 radical (unpaired) electrons. The molecule has 5 nitrogen and oxygen atoms in total. The van der Waals surface area contributed by atoms with Crippen LogP contribution < -0.4 is 10.1 Å². The van der Waals surface area contributed by atoms with Gasteiger partial charge in [-0.25, -0.2) is 4.79 Å². The number of hydrogen-bond acceptors (Lipinski definition) is 3. The van der Waals surface area contributed by atoms with Crippen molar-refractivity contribution in [2.75, 3.05) is 6.61 Å². The van der Waals surface area contributed by atoms with Crippen LogP contribution in [0.2, 0.25) is 0 Å². The number of aromatic carboxylic acids is 1. The Kier molecular flexibility index (Phi) is 5.36. The predicted octanol–water partition coefficient (Wildman–Crippen LogP) is 1.99. The van der Waals surface area contributed by atoms with Gasteiger partial charge in [-0.2, -0.15) is 0 Å². The third-order valence-electron chi connectivity index (χ3n) is 2.40. The minimum absolute atomic E-state index is 0.0843. The highest BCUT2D eigenvalue weighted by Gasteiger charge is 2.12. The normalized spacial score (nSPS) is 10.3. The number of rotatable bonds is 6. The first-order valence-electron chi connectivity index (χ1n) is 6.16. The number of ether oxygens (including phenoxy) is 1. The number of amides is 1. The maximum Gasteiger partial charge on any atom is 0.339 e. The lowest BCUT2D eigenvalue weighted by atomic mass is 10.1. The summed E-state index contributed by atoms with van der Waals surface area (Å²) in [6.45, 7) is 5.76. The lowest BCUT2D eigenvalue weighted by molar-refractivity contribution is -0.122. The second-order valence-electron chi connectivity index (χ2n) is 4.63. The molecule has 0 unspecified atom stereocenters. The van der Waals surface area contributed by atoms with Crippen molar-refractivity contribution in [3.8, 4) is 5.75 Å². The van der Waals surface area contributed by atoms with Crippen LogP contribution in [-0.2, 0) is 4.79 Å². The molecule has 1 aromatic rings. The smallest absolute Gasteiger partial charge is 0.339 e. The molecule has 0 aliphatic heterocycles. The summed E-state index contributed by atoms with van der Waals surface area (Å²) in [6.07, 6.45) is 0.200. The van der Waals surface area contributed by atoms with E-state index in [-0.39, 0.29) is 30.5 Å². The number of nitrogens with one attached hydrogen (secondary N) is 1. The zero-order valence-electron chi connectivity index (χ0n) is 11.4. The second kappa shape index (κ2) is 6.78. The summed E-state index contributed by atoms with van der Waals surface area (Å²) >= 11 is 0. The molecule has 0 heterocycles. The quantitative estimate of drug-likeness (QED) is 0.824. The van der Waals surface area contributed by atoms with E-state index in [1.165, 1.54) is 6.07 Å². The van der Waals surface area contributed by atoms with Crippen molar-refractivity contribution in [1.82, 2.24) is 5.32 Å². The molecule has 1 amide bonds. The van der Waals surface area contributed by atoms with Crippen LogP contribution in [0, 0.1) is 6.92 Å². The molecule has 0 atom stereocenters. The highest BCUT2D eigenvalue weighted by atomic mass is 16.5. The minimum atomic E-state index is -1.04. The molecule has 1 rings (SSSR count). The first-order valence-corrected chi connectivity index (χ1v) is 6.16. The third kappa shape index (κ3) is 4.99. The Balaban J connectivity index is 2.60. The molecule has 0 bridgehead atoms. The first kappa shape index (κ1) is 15.0. The van der Waals surface area contributed by atoms with Crippen LogP contribution in [0.4, 0.5) is 0 Å². The fourth-order valence-corrected chi connectivity index (χ4v) is 1.57. The van der Waals surface area contributed by atoms with E-state index >= 15 is 0 Å². The number of carboxylic acid groups (broad SMARTS) is 1. The van der Waals surface area contributed by atoms with E-state index in [9.17, 15) is 9.59 Å². The molecule has 2 N–H and O–H groups in total. The maximum atomic E-state index is 11.4. The van der Waals surface area contributed by atoms with Crippen LogP contribution in [-0.4, -0.2) is 29.6 Å². The van der Waals surface area contributed by atoms with E-state index in [4.69, 9.17) is 9.84 Å². The highest BCUT2D eigenvalue weighted by Crippen LogP contribution is 2.20. The Morgan fingerprint density at radius 3 is 2.63 bits per heavy atom. The standard InChI is InChI=1S/C14H19NO4/c1-9(2)15-13(16)6-7-19-12-8-10(3)4-5-11(12)14(17)18/h4-5,8-9H,6-7H2,1-3H3,(H,15,16)(H,17,18). The number of aryl methyl sites for hydroxylation is 1. The van der Waals surface area contributed by atoms with Crippen molar-refractivity contribution in [3.05, 3.63) is 29.3 Å². The fraction of sp³-hybridized carbons (Fsp3) is 0.429. The molecule has 0 saturated heterocycles. The van der Waals surface area contributed by atoms with Crippen molar-refractivity contribution < 1.29 is 19.4 Å². The zero-order chi connectivity index (χ0) is 14.4. The lowest BCUT2D eigenvalue weighted by Gasteiger charge is -2.11. The molecule has 0 spiro atoms. The van der Waals surface area contributed by atoms with Gasteiger partial charge in [0, 0.05) is 6.04 Å². The third-order valence-corrected chi connectivity index (χ3v) is 2.40.